The second-order valence-corrected chi connectivity index (χ2v) is 7.42. The Labute approximate surface area is 148 Å². The molecule has 0 saturated heterocycles. The molecule has 0 spiro atoms. The van der Waals surface area contributed by atoms with Crippen LogP contribution in [0.2, 0.25) is 0 Å². The predicted molar refractivity (Wildman–Crippen MR) is 94.5 cm³/mol. The van der Waals surface area contributed by atoms with E-state index in [-0.39, 0.29) is 16.8 Å². The zero-order valence-corrected chi connectivity index (χ0v) is 15.3. The highest BCUT2D eigenvalue weighted by Gasteiger charge is 2.21. The third-order valence-corrected chi connectivity index (χ3v) is 5.36. The summed E-state index contributed by atoms with van der Waals surface area (Å²) >= 11 is 0. The molecular weight excluding hydrogens is 340 g/mol. The lowest BCUT2D eigenvalue weighted by atomic mass is 10.1. The number of hydrogen-bond acceptors (Lipinski definition) is 5. The van der Waals surface area contributed by atoms with Crippen LogP contribution in [0.15, 0.2) is 47.8 Å². The molecular formula is C17H22N4O3S. The summed E-state index contributed by atoms with van der Waals surface area (Å²) in [4.78, 5) is 22.3. The Morgan fingerprint density at radius 1 is 1.24 bits per heavy atom. The Kier molecular flexibility index (Phi) is 6.22. The van der Waals surface area contributed by atoms with Crippen LogP contribution in [0.1, 0.15) is 42.4 Å². The average Bonchev–Trinajstić information content (AvgIpc) is 2.65. The Morgan fingerprint density at radius 2 is 1.92 bits per heavy atom. The second-order valence-electron chi connectivity index (χ2n) is 5.65. The van der Waals surface area contributed by atoms with Crippen LogP contribution >= 0.6 is 0 Å². The first-order valence-corrected chi connectivity index (χ1v) is 9.48. The Morgan fingerprint density at radius 3 is 2.48 bits per heavy atom. The van der Waals surface area contributed by atoms with Crippen LogP contribution in [-0.2, 0) is 10.0 Å². The van der Waals surface area contributed by atoms with Gasteiger partial charge in [-0.3, -0.25) is 4.79 Å². The van der Waals surface area contributed by atoms with Crippen molar-refractivity contribution in [3.05, 3.63) is 54.1 Å². The summed E-state index contributed by atoms with van der Waals surface area (Å²) in [6, 6.07) is 7.44. The zero-order chi connectivity index (χ0) is 18.4. The fourth-order valence-corrected chi connectivity index (χ4v) is 3.36. The van der Waals surface area contributed by atoms with Gasteiger partial charge in [0.25, 0.3) is 5.91 Å². The van der Waals surface area contributed by atoms with E-state index >= 15 is 0 Å². The molecule has 8 heteroatoms. The van der Waals surface area contributed by atoms with Gasteiger partial charge in [-0.15, -0.1) is 0 Å². The highest BCUT2D eigenvalue weighted by molar-refractivity contribution is 7.89. The van der Waals surface area contributed by atoms with E-state index < -0.39 is 10.0 Å². The van der Waals surface area contributed by atoms with E-state index in [0.29, 0.717) is 18.5 Å². The molecule has 0 aliphatic rings. The number of aromatic nitrogens is 2. The maximum atomic E-state index is 12.6. The minimum atomic E-state index is -3.54. The van der Waals surface area contributed by atoms with Crippen LogP contribution in [0.4, 0.5) is 0 Å². The van der Waals surface area contributed by atoms with Gasteiger partial charge in [0.1, 0.15) is 6.33 Å². The number of carbonyl (C=O) groups is 1. The van der Waals surface area contributed by atoms with Gasteiger partial charge in [0.15, 0.2) is 0 Å². The van der Waals surface area contributed by atoms with E-state index in [1.807, 2.05) is 13.8 Å². The molecule has 25 heavy (non-hydrogen) atoms. The molecule has 7 nitrogen and oxygen atoms in total. The molecule has 0 aliphatic heterocycles. The van der Waals surface area contributed by atoms with E-state index in [9.17, 15) is 13.2 Å². The molecule has 2 aromatic rings. The molecule has 0 unspecified atom stereocenters. The van der Waals surface area contributed by atoms with Crippen molar-refractivity contribution in [1.82, 2.24) is 19.6 Å². The first-order valence-electron chi connectivity index (χ1n) is 7.99. The smallest absolute Gasteiger partial charge is 0.254 e. The molecule has 1 aromatic carbocycles. The van der Waals surface area contributed by atoms with Gasteiger partial charge in [0.05, 0.1) is 16.6 Å². The molecule has 0 bridgehead atoms. The van der Waals surface area contributed by atoms with E-state index in [0.717, 1.165) is 5.69 Å². The fourth-order valence-electron chi connectivity index (χ4n) is 2.22. The summed E-state index contributed by atoms with van der Waals surface area (Å²) < 4.78 is 26.7. The van der Waals surface area contributed by atoms with Crippen LogP contribution in [0, 0.1) is 0 Å². The number of nitrogens with zero attached hydrogens (tertiary/aromatic N) is 3. The molecule has 2 rings (SSSR count). The summed E-state index contributed by atoms with van der Waals surface area (Å²) in [5, 5.41) is 0. The minimum absolute atomic E-state index is 0.143. The number of amides is 1. The SMILES string of the molecule is CCCNS(=O)(=O)c1ccc(C(=O)N(C)[C@H](C)c2ccncn2)cc1. The van der Waals surface area contributed by atoms with Crippen LogP contribution in [-0.4, -0.2) is 42.8 Å². The highest BCUT2D eigenvalue weighted by atomic mass is 32.2. The van der Waals surface area contributed by atoms with Crippen molar-refractivity contribution in [2.24, 2.45) is 0 Å². The zero-order valence-electron chi connectivity index (χ0n) is 14.5. The fraction of sp³-hybridized carbons (Fsp3) is 0.353. The standard InChI is InChI=1S/C17H22N4O3S/c1-4-10-20-25(23,24)15-7-5-14(6-8-15)17(22)21(3)13(2)16-9-11-18-12-19-16/h5-9,11-13,20H,4,10H2,1-3H3/t13-/m1/s1. The van der Waals surface area contributed by atoms with Gasteiger partial charge in [-0.05, 0) is 43.7 Å². The largest absolute Gasteiger partial charge is 0.333 e. The number of sulfonamides is 1. The summed E-state index contributed by atoms with van der Waals surface area (Å²) in [7, 11) is -1.85. The molecule has 0 fully saturated rings. The molecule has 1 heterocycles. The third-order valence-electron chi connectivity index (χ3n) is 3.89. The summed E-state index contributed by atoms with van der Waals surface area (Å²) in [5.74, 6) is -0.212. The van der Waals surface area contributed by atoms with Gasteiger partial charge in [0, 0.05) is 25.4 Å². The van der Waals surface area contributed by atoms with Gasteiger partial charge in [-0.2, -0.15) is 0 Å². The van der Waals surface area contributed by atoms with E-state index in [2.05, 4.69) is 14.7 Å². The lowest BCUT2D eigenvalue weighted by Crippen LogP contribution is -2.30. The average molecular weight is 362 g/mol. The molecule has 1 N–H and O–H groups in total. The minimum Gasteiger partial charge on any atom is -0.333 e. The molecule has 1 aromatic heterocycles. The summed E-state index contributed by atoms with van der Waals surface area (Å²) in [6.45, 7) is 4.13. The summed E-state index contributed by atoms with van der Waals surface area (Å²) in [6.07, 6.45) is 3.77. The maximum absolute atomic E-state index is 12.6. The number of rotatable bonds is 7. The monoisotopic (exact) mass is 362 g/mol. The van der Waals surface area contributed by atoms with Gasteiger partial charge < -0.3 is 4.90 Å². The van der Waals surface area contributed by atoms with E-state index in [1.54, 1.807) is 24.2 Å². The lowest BCUT2D eigenvalue weighted by molar-refractivity contribution is 0.0739. The van der Waals surface area contributed by atoms with Crippen LogP contribution in [0.5, 0.6) is 0 Å². The van der Waals surface area contributed by atoms with E-state index in [1.165, 1.54) is 30.6 Å². The van der Waals surface area contributed by atoms with Crippen LogP contribution in [0.3, 0.4) is 0 Å². The normalized spacial score (nSPS) is 12.6. The first-order chi connectivity index (χ1) is 11.9. The summed E-state index contributed by atoms with van der Waals surface area (Å²) in [5.41, 5.74) is 1.15. The number of carbonyl (C=O) groups excluding carboxylic acids is 1. The molecule has 0 saturated carbocycles. The first kappa shape index (κ1) is 19.0. The van der Waals surface area contributed by atoms with Gasteiger partial charge in [-0.1, -0.05) is 6.92 Å². The van der Waals surface area contributed by atoms with Crippen molar-refractivity contribution in [2.45, 2.75) is 31.2 Å². The van der Waals surface area contributed by atoms with Gasteiger partial charge >= 0.3 is 0 Å². The molecule has 0 radical (unpaired) electrons. The van der Waals surface area contributed by atoms with Crippen molar-refractivity contribution < 1.29 is 13.2 Å². The van der Waals surface area contributed by atoms with Crippen LogP contribution in [0.25, 0.3) is 0 Å². The van der Waals surface area contributed by atoms with Gasteiger partial charge in [-0.25, -0.2) is 23.1 Å². The molecule has 134 valence electrons. The lowest BCUT2D eigenvalue weighted by Gasteiger charge is -2.24. The number of nitrogens with one attached hydrogen (secondary N) is 1. The molecule has 1 atom stereocenters. The Balaban J connectivity index is 2.15. The van der Waals surface area contributed by atoms with Crippen LogP contribution < -0.4 is 4.72 Å². The van der Waals surface area contributed by atoms with Crippen molar-refractivity contribution in [3.8, 4) is 0 Å². The number of hydrogen-bond donors (Lipinski definition) is 1. The highest BCUT2D eigenvalue weighted by Crippen LogP contribution is 2.19. The topological polar surface area (TPSA) is 92.3 Å². The molecule has 0 aliphatic carbocycles. The number of benzene rings is 1. The molecule has 1 amide bonds. The van der Waals surface area contributed by atoms with Gasteiger partial charge in [0.2, 0.25) is 10.0 Å². The predicted octanol–water partition coefficient (Wildman–Crippen LogP) is 2.00. The maximum Gasteiger partial charge on any atom is 0.254 e. The quantitative estimate of drug-likeness (QED) is 0.813. The van der Waals surface area contributed by atoms with Crippen molar-refractivity contribution in [1.29, 1.82) is 0 Å². The Bertz CT molecular complexity index is 808. The van der Waals surface area contributed by atoms with E-state index in [4.69, 9.17) is 0 Å². The van der Waals surface area contributed by atoms with Crippen molar-refractivity contribution >= 4 is 15.9 Å². The van der Waals surface area contributed by atoms with Crippen molar-refractivity contribution in [2.75, 3.05) is 13.6 Å². The Hall–Kier alpha value is -2.32. The third kappa shape index (κ3) is 4.61. The second kappa shape index (κ2) is 8.17. The van der Waals surface area contributed by atoms with Crippen molar-refractivity contribution in [3.63, 3.8) is 0 Å².